The number of rotatable bonds is 3. The van der Waals surface area contributed by atoms with Crippen LogP contribution in [0.15, 0.2) is 18.9 Å². The van der Waals surface area contributed by atoms with Crippen LogP contribution in [-0.2, 0) is 6.54 Å². The van der Waals surface area contributed by atoms with Crippen molar-refractivity contribution in [1.82, 2.24) is 14.9 Å². The normalized spacial score (nSPS) is 27.3. The molecule has 0 radical (unpaired) electrons. The number of nitrogens with zero attached hydrogens (tertiary/aromatic N) is 3. The van der Waals surface area contributed by atoms with E-state index in [1.54, 1.807) is 0 Å². The van der Waals surface area contributed by atoms with E-state index < -0.39 is 0 Å². The number of nitrogens with one attached hydrogen (secondary N) is 1. The van der Waals surface area contributed by atoms with Crippen LogP contribution in [0.1, 0.15) is 18.5 Å². The van der Waals surface area contributed by atoms with E-state index in [0.717, 1.165) is 37.2 Å². The van der Waals surface area contributed by atoms with E-state index >= 15 is 0 Å². The van der Waals surface area contributed by atoms with Gasteiger partial charge in [-0.3, -0.25) is 0 Å². The highest BCUT2D eigenvalue weighted by Crippen LogP contribution is 2.28. The van der Waals surface area contributed by atoms with E-state index in [9.17, 15) is 0 Å². The molecule has 1 aromatic heterocycles. The fourth-order valence-electron chi connectivity index (χ4n) is 3.27. The molecule has 2 aliphatic rings. The van der Waals surface area contributed by atoms with Gasteiger partial charge in [-0.05, 0) is 32.2 Å². The van der Waals surface area contributed by atoms with E-state index in [2.05, 4.69) is 39.5 Å². The zero-order valence-electron chi connectivity index (χ0n) is 11.1. The summed E-state index contributed by atoms with van der Waals surface area (Å²) in [5, 5.41) is 3.64. The molecule has 1 N–H and O–H groups in total. The highest BCUT2D eigenvalue weighted by atomic mass is 15.3. The zero-order valence-corrected chi connectivity index (χ0v) is 11.1. The third kappa shape index (κ3) is 2.05. The van der Waals surface area contributed by atoms with Gasteiger partial charge in [0.05, 0.1) is 5.69 Å². The van der Waals surface area contributed by atoms with Crippen molar-refractivity contribution in [2.24, 2.45) is 5.92 Å². The van der Waals surface area contributed by atoms with Gasteiger partial charge in [0, 0.05) is 31.9 Å². The van der Waals surface area contributed by atoms with E-state index in [4.69, 9.17) is 0 Å². The average molecular weight is 246 g/mol. The molecule has 2 fully saturated rings. The van der Waals surface area contributed by atoms with Crippen LogP contribution in [0.4, 0.5) is 5.95 Å². The molecule has 0 saturated carbocycles. The molecule has 2 aliphatic heterocycles. The van der Waals surface area contributed by atoms with Gasteiger partial charge in [0.25, 0.3) is 0 Å². The number of aryl methyl sites for hydroxylation is 1. The summed E-state index contributed by atoms with van der Waals surface area (Å²) in [5.41, 5.74) is 1.09. The number of piperidine rings is 1. The van der Waals surface area contributed by atoms with Crippen molar-refractivity contribution in [1.29, 1.82) is 0 Å². The molecular weight excluding hydrogens is 224 g/mol. The van der Waals surface area contributed by atoms with Gasteiger partial charge in [0.2, 0.25) is 5.95 Å². The van der Waals surface area contributed by atoms with Crippen molar-refractivity contribution in [2.45, 2.75) is 32.4 Å². The summed E-state index contributed by atoms with van der Waals surface area (Å²) >= 11 is 0. The first kappa shape index (κ1) is 11.8. The smallest absolute Gasteiger partial charge is 0.206 e. The molecule has 0 spiro atoms. The van der Waals surface area contributed by atoms with Gasteiger partial charge in [-0.1, -0.05) is 6.08 Å². The minimum Gasteiger partial charge on any atom is -0.340 e. The Morgan fingerprint density at radius 1 is 1.56 bits per heavy atom. The van der Waals surface area contributed by atoms with Crippen LogP contribution in [0, 0.1) is 12.8 Å². The third-order valence-corrected chi connectivity index (χ3v) is 4.08. The van der Waals surface area contributed by atoms with Crippen molar-refractivity contribution >= 4 is 5.95 Å². The van der Waals surface area contributed by atoms with E-state index in [-0.39, 0.29) is 0 Å². The molecule has 0 bridgehead atoms. The number of hydrogen-bond donors (Lipinski definition) is 1. The Balaban J connectivity index is 1.80. The average Bonchev–Trinajstić information content (AvgIpc) is 2.92. The number of hydrogen-bond acceptors (Lipinski definition) is 3. The minimum atomic E-state index is 0.660. The molecule has 4 nitrogen and oxygen atoms in total. The van der Waals surface area contributed by atoms with Crippen LogP contribution in [0.3, 0.4) is 0 Å². The Kier molecular flexibility index (Phi) is 3.12. The first-order chi connectivity index (χ1) is 8.78. The van der Waals surface area contributed by atoms with Gasteiger partial charge >= 0.3 is 0 Å². The summed E-state index contributed by atoms with van der Waals surface area (Å²) in [6, 6.07) is 0.660. The van der Waals surface area contributed by atoms with Crippen LogP contribution in [-0.4, -0.2) is 35.2 Å². The lowest BCUT2D eigenvalue weighted by atomic mass is 9.94. The topological polar surface area (TPSA) is 33.1 Å². The summed E-state index contributed by atoms with van der Waals surface area (Å²) in [5.74, 6) is 1.91. The number of imidazole rings is 1. The molecule has 18 heavy (non-hydrogen) atoms. The van der Waals surface area contributed by atoms with Crippen molar-refractivity contribution in [3.63, 3.8) is 0 Å². The van der Waals surface area contributed by atoms with Crippen LogP contribution in [0.5, 0.6) is 0 Å². The lowest BCUT2D eigenvalue weighted by Gasteiger charge is -2.24. The van der Waals surface area contributed by atoms with Gasteiger partial charge in [-0.25, -0.2) is 4.98 Å². The summed E-state index contributed by atoms with van der Waals surface area (Å²) in [7, 11) is 0. The second-order valence-corrected chi connectivity index (χ2v) is 5.49. The Labute approximate surface area is 109 Å². The first-order valence-corrected chi connectivity index (χ1v) is 6.91. The molecule has 0 aliphatic carbocycles. The van der Waals surface area contributed by atoms with E-state index in [1.807, 2.05) is 6.08 Å². The standard InChI is InChI=1S/C14H22N4/c1-3-7-17-8-11(2)16-14(17)18-9-12-5-4-6-15-13(12)10-18/h3,8,12-13,15H,1,4-7,9-10H2,2H3. The quantitative estimate of drug-likeness (QED) is 0.822. The number of aromatic nitrogens is 2. The van der Waals surface area contributed by atoms with Crippen LogP contribution >= 0.6 is 0 Å². The fraction of sp³-hybridized carbons (Fsp3) is 0.643. The molecule has 98 valence electrons. The monoisotopic (exact) mass is 246 g/mol. The van der Waals surface area contributed by atoms with Crippen LogP contribution < -0.4 is 10.2 Å². The van der Waals surface area contributed by atoms with Crippen molar-refractivity contribution in [3.05, 3.63) is 24.5 Å². The van der Waals surface area contributed by atoms with Crippen molar-refractivity contribution < 1.29 is 0 Å². The molecule has 1 aromatic rings. The van der Waals surface area contributed by atoms with Gasteiger partial charge in [-0.2, -0.15) is 0 Å². The number of allylic oxidation sites excluding steroid dienone is 1. The lowest BCUT2D eigenvalue weighted by Crippen LogP contribution is -2.40. The predicted octanol–water partition coefficient (Wildman–Crippen LogP) is 1.57. The first-order valence-electron chi connectivity index (χ1n) is 6.91. The minimum absolute atomic E-state index is 0.660. The Hall–Kier alpha value is -1.29. The highest BCUT2D eigenvalue weighted by Gasteiger charge is 2.35. The van der Waals surface area contributed by atoms with Gasteiger partial charge in [0.1, 0.15) is 0 Å². The number of fused-ring (bicyclic) bond motifs is 1. The maximum Gasteiger partial charge on any atom is 0.206 e. The molecule has 3 heterocycles. The van der Waals surface area contributed by atoms with Gasteiger partial charge < -0.3 is 14.8 Å². The zero-order chi connectivity index (χ0) is 12.5. The molecule has 0 aromatic carbocycles. The van der Waals surface area contributed by atoms with Crippen LogP contribution in [0.2, 0.25) is 0 Å². The van der Waals surface area contributed by atoms with Crippen molar-refractivity contribution in [3.8, 4) is 0 Å². The molecule has 2 unspecified atom stereocenters. The largest absolute Gasteiger partial charge is 0.340 e. The van der Waals surface area contributed by atoms with E-state index in [0.29, 0.717) is 6.04 Å². The Morgan fingerprint density at radius 3 is 3.22 bits per heavy atom. The molecule has 2 atom stereocenters. The third-order valence-electron chi connectivity index (χ3n) is 4.08. The second kappa shape index (κ2) is 4.76. The SMILES string of the molecule is C=CCn1cc(C)nc1N1CC2CCCNC2C1. The molecular formula is C14H22N4. The predicted molar refractivity (Wildman–Crippen MR) is 73.9 cm³/mol. The van der Waals surface area contributed by atoms with Crippen LogP contribution in [0.25, 0.3) is 0 Å². The highest BCUT2D eigenvalue weighted by molar-refractivity contribution is 5.36. The summed E-state index contributed by atoms with van der Waals surface area (Å²) in [6.07, 6.45) is 6.73. The van der Waals surface area contributed by atoms with Crippen molar-refractivity contribution in [2.75, 3.05) is 24.5 Å². The molecule has 0 amide bonds. The summed E-state index contributed by atoms with van der Waals surface area (Å²) < 4.78 is 2.21. The molecule has 4 heteroatoms. The maximum absolute atomic E-state index is 4.68. The summed E-state index contributed by atoms with van der Waals surface area (Å²) in [6.45, 7) is 10.1. The Bertz CT molecular complexity index is 423. The fourth-order valence-corrected chi connectivity index (χ4v) is 3.27. The van der Waals surface area contributed by atoms with Gasteiger partial charge in [0.15, 0.2) is 0 Å². The molecule has 3 rings (SSSR count). The maximum atomic E-state index is 4.68. The van der Waals surface area contributed by atoms with E-state index in [1.165, 1.54) is 19.4 Å². The second-order valence-electron chi connectivity index (χ2n) is 5.49. The molecule has 2 saturated heterocycles. The number of anilines is 1. The van der Waals surface area contributed by atoms with Gasteiger partial charge in [-0.15, -0.1) is 6.58 Å². The summed E-state index contributed by atoms with van der Waals surface area (Å²) in [4.78, 5) is 7.12. The Morgan fingerprint density at radius 2 is 2.44 bits per heavy atom. The lowest BCUT2D eigenvalue weighted by molar-refractivity contribution is 0.340.